The molecule has 1 fully saturated rings. The van der Waals surface area contributed by atoms with E-state index in [-0.39, 0.29) is 11.9 Å². The molecule has 1 amide bonds. The number of hydrogen-bond acceptors (Lipinski definition) is 3. The summed E-state index contributed by atoms with van der Waals surface area (Å²) in [6.45, 7) is 5.85. The van der Waals surface area contributed by atoms with Crippen LogP contribution in [0.5, 0.6) is 0 Å². The second kappa shape index (κ2) is 7.78. The molecule has 0 bridgehead atoms. The molecule has 0 aromatic heterocycles. The van der Waals surface area contributed by atoms with E-state index in [2.05, 4.69) is 23.8 Å². The molecule has 1 aromatic carbocycles. The van der Waals surface area contributed by atoms with Crippen molar-refractivity contribution in [1.82, 2.24) is 5.32 Å². The Bertz CT molecular complexity index is 565. The number of carbonyl (C=O) groups is 1. The molecule has 0 saturated heterocycles. The van der Waals surface area contributed by atoms with Gasteiger partial charge in [-0.15, -0.1) is 6.58 Å². The van der Waals surface area contributed by atoms with Crippen molar-refractivity contribution in [3.63, 3.8) is 0 Å². The minimum Gasteiger partial charge on any atom is -0.397 e. The Kier molecular flexibility index (Phi) is 5.75. The van der Waals surface area contributed by atoms with Crippen LogP contribution < -0.4 is 11.1 Å². The molecule has 1 aromatic rings. The Labute approximate surface area is 132 Å². The third-order valence-corrected chi connectivity index (χ3v) is 4.22. The van der Waals surface area contributed by atoms with Crippen LogP contribution >= 0.6 is 0 Å². The zero-order chi connectivity index (χ0) is 15.9. The van der Waals surface area contributed by atoms with Crippen molar-refractivity contribution in [2.24, 2.45) is 10.9 Å². The van der Waals surface area contributed by atoms with E-state index in [1.807, 2.05) is 0 Å². The molecule has 2 unspecified atom stereocenters. The largest absolute Gasteiger partial charge is 0.397 e. The minimum absolute atomic E-state index is 0.0427. The fourth-order valence-corrected chi connectivity index (χ4v) is 2.80. The van der Waals surface area contributed by atoms with Gasteiger partial charge >= 0.3 is 0 Å². The summed E-state index contributed by atoms with van der Waals surface area (Å²) in [6, 6.07) is 5.51. The molecule has 3 N–H and O–H groups in total. The zero-order valence-electron chi connectivity index (χ0n) is 13.2. The van der Waals surface area contributed by atoms with Gasteiger partial charge in [0.2, 0.25) is 0 Å². The molecule has 0 spiro atoms. The molecule has 4 nitrogen and oxygen atoms in total. The first-order valence-electron chi connectivity index (χ1n) is 7.95. The van der Waals surface area contributed by atoms with E-state index in [0.717, 1.165) is 6.42 Å². The van der Waals surface area contributed by atoms with Crippen LogP contribution in [0.1, 0.15) is 49.4 Å². The lowest BCUT2D eigenvalue weighted by atomic mass is 9.86. The highest BCUT2D eigenvalue weighted by Gasteiger charge is 2.23. The van der Waals surface area contributed by atoms with Crippen LogP contribution in [0, 0.1) is 5.92 Å². The maximum Gasteiger partial charge on any atom is 0.251 e. The molecule has 4 heteroatoms. The van der Waals surface area contributed by atoms with Crippen LogP contribution in [0.2, 0.25) is 0 Å². The topological polar surface area (TPSA) is 67.5 Å². The maximum atomic E-state index is 12.4. The smallest absolute Gasteiger partial charge is 0.251 e. The van der Waals surface area contributed by atoms with Crippen LogP contribution in [0.25, 0.3) is 0 Å². The third-order valence-electron chi connectivity index (χ3n) is 4.22. The van der Waals surface area contributed by atoms with Crippen LogP contribution in [-0.4, -0.2) is 18.2 Å². The number of nitrogens with two attached hydrogens (primary N) is 1. The molecule has 2 atom stereocenters. The Balaban J connectivity index is 2.09. The number of nitrogens with zero attached hydrogens (tertiary/aromatic N) is 1. The van der Waals surface area contributed by atoms with Crippen molar-refractivity contribution < 1.29 is 4.79 Å². The molecule has 0 radical (unpaired) electrons. The van der Waals surface area contributed by atoms with Gasteiger partial charge in [-0.25, -0.2) is 0 Å². The van der Waals surface area contributed by atoms with Gasteiger partial charge in [0.05, 0.1) is 11.4 Å². The van der Waals surface area contributed by atoms with Gasteiger partial charge in [0.25, 0.3) is 5.91 Å². The number of anilines is 1. The number of rotatable bonds is 5. The molecule has 22 heavy (non-hydrogen) atoms. The first-order valence-corrected chi connectivity index (χ1v) is 7.95. The van der Waals surface area contributed by atoms with E-state index in [9.17, 15) is 4.79 Å². The van der Waals surface area contributed by atoms with Crippen molar-refractivity contribution in [2.75, 3.05) is 5.73 Å². The van der Waals surface area contributed by atoms with Crippen LogP contribution in [0.3, 0.4) is 0 Å². The molecule has 1 aliphatic carbocycles. The summed E-state index contributed by atoms with van der Waals surface area (Å²) in [5.74, 6) is 0.496. The number of aliphatic imine (C=N–C) groups is 1. The fraction of sp³-hybridized carbons (Fsp3) is 0.444. The SMILES string of the molecule is C=CCC=Nc1cc(C(=O)NC2CCCCC2C)ccc1N. The molecule has 2 rings (SSSR count). The number of hydrogen-bond donors (Lipinski definition) is 2. The summed E-state index contributed by atoms with van der Waals surface area (Å²) in [6.07, 6.45) is 8.88. The van der Waals surface area contributed by atoms with Crippen LogP contribution in [0.15, 0.2) is 35.8 Å². The second-order valence-electron chi connectivity index (χ2n) is 5.95. The van der Waals surface area contributed by atoms with Gasteiger partial charge in [-0.05, 0) is 37.0 Å². The molecule has 1 aliphatic rings. The van der Waals surface area contributed by atoms with Gasteiger partial charge in [-0.1, -0.05) is 25.8 Å². The lowest BCUT2D eigenvalue weighted by molar-refractivity contribution is 0.0910. The predicted octanol–water partition coefficient (Wildman–Crippen LogP) is 3.86. The third kappa shape index (κ3) is 4.20. The summed E-state index contributed by atoms with van der Waals surface area (Å²) in [7, 11) is 0. The Morgan fingerprint density at radius 3 is 2.95 bits per heavy atom. The van der Waals surface area contributed by atoms with E-state index >= 15 is 0 Å². The van der Waals surface area contributed by atoms with Crippen molar-refractivity contribution >= 4 is 23.5 Å². The average molecular weight is 299 g/mol. The summed E-state index contributed by atoms with van der Waals surface area (Å²) in [4.78, 5) is 16.7. The van der Waals surface area contributed by atoms with Crippen LogP contribution in [0.4, 0.5) is 11.4 Å². The van der Waals surface area contributed by atoms with Gasteiger partial charge in [0, 0.05) is 24.2 Å². The summed E-state index contributed by atoms with van der Waals surface area (Å²) >= 11 is 0. The van der Waals surface area contributed by atoms with E-state index in [1.165, 1.54) is 19.3 Å². The molecular weight excluding hydrogens is 274 g/mol. The van der Waals surface area contributed by atoms with Crippen molar-refractivity contribution in [3.8, 4) is 0 Å². The zero-order valence-corrected chi connectivity index (χ0v) is 13.2. The highest BCUT2D eigenvalue weighted by molar-refractivity contribution is 5.96. The Morgan fingerprint density at radius 2 is 2.23 bits per heavy atom. The predicted molar refractivity (Wildman–Crippen MR) is 92.7 cm³/mol. The van der Waals surface area contributed by atoms with Gasteiger partial charge in [-0.3, -0.25) is 9.79 Å². The summed E-state index contributed by atoms with van der Waals surface area (Å²) in [5, 5.41) is 3.15. The monoisotopic (exact) mass is 299 g/mol. The molecule has 1 saturated carbocycles. The first kappa shape index (κ1) is 16.3. The highest BCUT2D eigenvalue weighted by atomic mass is 16.1. The van der Waals surface area contributed by atoms with Gasteiger partial charge in [0.1, 0.15) is 0 Å². The molecule has 0 heterocycles. The molecular formula is C18H25N3O. The standard InChI is InChI=1S/C18H25N3O/c1-3-4-11-20-17-12-14(9-10-15(17)19)18(22)21-16-8-6-5-7-13(16)2/h3,9-13,16H,1,4-8,19H2,2H3,(H,21,22). The van der Waals surface area contributed by atoms with Gasteiger partial charge in [-0.2, -0.15) is 0 Å². The molecule has 118 valence electrons. The average Bonchev–Trinajstić information content (AvgIpc) is 2.51. The van der Waals surface area contributed by atoms with Gasteiger partial charge in [0.15, 0.2) is 0 Å². The normalized spacial score (nSPS) is 21.7. The highest BCUT2D eigenvalue weighted by Crippen LogP contribution is 2.26. The minimum atomic E-state index is -0.0427. The number of nitrogens with one attached hydrogen (secondary N) is 1. The van der Waals surface area contributed by atoms with Crippen molar-refractivity contribution in [2.45, 2.75) is 45.1 Å². The summed E-state index contributed by atoms with van der Waals surface area (Å²) in [5.41, 5.74) is 7.72. The number of carbonyl (C=O) groups excluding carboxylic acids is 1. The quantitative estimate of drug-likeness (QED) is 0.492. The van der Waals surface area contributed by atoms with Gasteiger partial charge < -0.3 is 11.1 Å². The van der Waals surface area contributed by atoms with E-state index in [0.29, 0.717) is 29.3 Å². The Hall–Kier alpha value is -2.10. The lowest BCUT2D eigenvalue weighted by Gasteiger charge is -2.29. The summed E-state index contributed by atoms with van der Waals surface area (Å²) < 4.78 is 0. The van der Waals surface area contributed by atoms with Crippen LogP contribution in [-0.2, 0) is 0 Å². The number of allylic oxidation sites excluding steroid dienone is 1. The van der Waals surface area contributed by atoms with Crippen molar-refractivity contribution in [3.05, 3.63) is 36.4 Å². The van der Waals surface area contributed by atoms with E-state index in [1.54, 1.807) is 30.5 Å². The van der Waals surface area contributed by atoms with E-state index in [4.69, 9.17) is 5.73 Å². The van der Waals surface area contributed by atoms with E-state index < -0.39 is 0 Å². The fourth-order valence-electron chi connectivity index (χ4n) is 2.80. The molecule has 0 aliphatic heterocycles. The maximum absolute atomic E-state index is 12.4. The second-order valence-corrected chi connectivity index (χ2v) is 5.95. The lowest BCUT2D eigenvalue weighted by Crippen LogP contribution is -2.41. The first-order chi connectivity index (χ1) is 10.6. The number of nitrogen functional groups attached to an aromatic ring is 1. The number of benzene rings is 1. The van der Waals surface area contributed by atoms with Crippen molar-refractivity contribution in [1.29, 1.82) is 0 Å². The Morgan fingerprint density at radius 1 is 1.45 bits per heavy atom. The number of amides is 1.